The van der Waals surface area contributed by atoms with Crippen LogP contribution in [0.1, 0.15) is 27.8 Å². The number of hydrogen-bond acceptors (Lipinski definition) is 7. The van der Waals surface area contributed by atoms with Crippen LogP contribution in [0.3, 0.4) is 0 Å². The topological polar surface area (TPSA) is 113 Å². The Hall–Kier alpha value is -4.15. The normalized spacial score (nSPS) is 19.7. The maximum Gasteiger partial charge on any atom is 0.411 e. The molecule has 0 spiro atoms. The Bertz CT molecular complexity index is 1230. The predicted octanol–water partition coefficient (Wildman–Crippen LogP) is 3.04. The molecule has 0 bridgehead atoms. The second kappa shape index (κ2) is 11.9. The summed E-state index contributed by atoms with van der Waals surface area (Å²) in [6, 6.07) is 18.8. The largest absolute Gasteiger partial charge is 0.459 e. The van der Waals surface area contributed by atoms with Crippen molar-refractivity contribution in [3.05, 3.63) is 89.9 Å². The highest BCUT2D eigenvalue weighted by Crippen LogP contribution is 2.34. The quantitative estimate of drug-likeness (QED) is 0.448. The molecule has 0 aliphatic carbocycles. The van der Waals surface area contributed by atoms with Crippen LogP contribution in [-0.2, 0) is 20.8 Å². The summed E-state index contributed by atoms with van der Waals surface area (Å²) in [7, 11) is 0. The fourth-order valence-electron chi connectivity index (χ4n) is 4.61. The summed E-state index contributed by atoms with van der Waals surface area (Å²) in [6.45, 7) is 4.42. The van der Waals surface area contributed by atoms with Crippen molar-refractivity contribution in [1.29, 1.82) is 0 Å². The van der Waals surface area contributed by atoms with Crippen molar-refractivity contribution in [3.8, 4) is 0 Å². The molecule has 2 atom stereocenters. The maximum atomic E-state index is 13.5. The van der Waals surface area contributed by atoms with Crippen molar-refractivity contribution in [2.75, 3.05) is 44.7 Å². The summed E-state index contributed by atoms with van der Waals surface area (Å²) >= 11 is 0. The van der Waals surface area contributed by atoms with Gasteiger partial charge in [-0.05, 0) is 35.4 Å². The van der Waals surface area contributed by atoms with Crippen LogP contribution in [-0.4, -0.2) is 73.1 Å². The van der Waals surface area contributed by atoms with Gasteiger partial charge in [0.15, 0.2) is 17.9 Å². The molecule has 3 heterocycles. The standard InChI is InChI=1S/C28H30N4O6/c33-26(23-7-4-16-37-23)30-22-10-8-21(9-11-22)25-24(27(34)29-12-13-31-14-17-36-18-15-31)32(28(35)38-25)19-20-5-2-1-3-6-20/h1-11,16,24-25H,12-15,17-19H2,(H,29,34)(H,30,33). The Kier molecular flexibility index (Phi) is 8.01. The Morgan fingerprint density at radius 2 is 1.71 bits per heavy atom. The van der Waals surface area contributed by atoms with E-state index in [2.05, 4.69) is 15.5 Å². The van der Waals surface area contributed by atoms with E-state index in [1.54, 1.807) is 36.4 Å². The summed E-state index contributed by atoms with van der Waals surface area (Å²) in [5.74, 6) is -0.453. The van der Waals surface area contributed by atoms with E-state index >= 15 is 0 Å². The number of hydrogen-bond donors (Lipinski definition) is 2. The molecule has 0 radical (unpaired) electrons. The first-order chi connectivity index (χ1) is 18.6. The SMILES string of the molecule is O=C(Nc1ccc(C2OC(=O)N(Cc3ccccc3)C2C(=O)NCCN2CCOCC2)cc1)c1ccco1. The molecule has 5 rings (SSSR count). The number of rotatable bonds is 9. The van der Waals surface area contributed by atoms with Crippen LogP contribution in [0.5, 0.6) is 0 Å². The van der Waals surface area contributed by atoms with Gasteiger partial charge in [0.05, 0.1) is 26.0 Å². The van der Waals surface area contributed by atoms with Gasteiger partial charge in [-0.15, -0.1) is 0 Å². The molecule has 2 saturated heterocycles. The number of cyclic esters (lactones) is 1. The van der Waals surface area contributed by atoms with Crippen LogP contribution in [0, 0.1) is 0 Å². The minimum Gasteiger partial charge on any atom is -0.459 e. The van der Waals surface area contributed by atoms with Gasteiger partial charge >= 0.3 is 6.09 Å². The Labute approximate surface area is 220 Å². The molecule has 2 N–H and O–H groups in total. The first kappa shape index (κ1) is 25.5. The summed E-state index contributed by atoms with van der Waals surface area (Å²) in [5.41, 5.74) is 2.09. The van der Waals surface area contributed by atoms with E-state index in [1.807, 2.05) is 30.3 Å². The average Bonchev–Trinajstić information content (AvgIpc) is 3.59. The van der Waals surface area contributed by atoms with Crippen molar-refractivity contribution in [3.63, 3.8) is 0 Å². The maximum absolute atomic E-state index is 13.5. The number of ether oxygens (including phenoxy) is 2. The third kappa shape index (κ3) is 6.04. The molecular formula is C28H30N4O6. The lowest BCUT2D eigenvalue weighted by atomic mass is 10.00. The summed E-state index contributed by atoms with van der Waals surface area (Å²) in [6.07, 6.45) is 0.0755. The molecule has 3 aromatic rings. The number of furan rings is 1. The van der Waals surface area contributed by atoms with Crippen LogP contribution in [0.25, 0.3) is 0 Å². The Morgan fingerprint density at radius 3 is 2.42 bits per heavy atom. The fourth-order valence-corrected chi connectivity index (χ4v) is 4.61. The highest BCUT2D eigenvalue weighted by molar-refractivity contribution is 6.02. The summed E-state index contributed by atoms with van der Waals surface area (Å²) in [5, 5.41) is 5.76. The molecule has 3 amide bonds. The summed E-state index contributed by atoms with van der Waals surface area (Å²) in [4.78, 5) is 42.4. The number of amides is 3. The molecule has 10 heteroatoms. The molecule has 1 aromatic heterocycles. The smallest absolute Gasteiger partial charge is 0.411 e. The van der Waals surface area contributed by atoms with Crippen LogP contribution in [0.2, 0.25) is 0 Å². The number of anilines is 1. The monoisotopic (exact) mass is 518 g/mol. The van der Waals surface area contributed by atoms with Crippen molar-refractivity contribution >= 4 is 23.6 Å². The van der Waals surface area contributed by atoms with E-state index in [1.165, 1.54) is 11.2 Å². The average molecular weight is 519 g/mol. The Balaban J connectivity index is 1.30. The van der Waals surface area contributed by atoms with Gasteiger partial charge < -0.3 is 24.5 Å². The third-order valence-corrected chi connectivity index (χ3v) is 6.62. The molecule has 0 saturated carbocycles. The molecule has 2 aromatic carbocycles. The van der Waals surface area contributed by atoms with Gasteiger partial charge in [-0.2, -0.15) is 0 Å². The zero-order chi connectivity index (χ0) is 26.3. The van der Waals surface area contributed by atoms with E-state index in [0.717, 1.165) is 18.7 Å². The van der Waals surface area contributed by atoms with E-state index in [4.69, 9.17) is 13.9 Å². The van der Waals surface area contributed by atoms with Crippen molar-refractivity contribution < 1.29 is 28.3 Å². The summed E-state index contributed by atoms with van der Waals surface area (Å²) < 4.78 is 16.3. The van der Waals surface area contributed by atoms with Gasteiger partial charge in [0.25, 0.3) is 5.91 Å². The van der Waals surface area contributed by atoms with E-state index in [0.29, 0.717) is 37.6 Å². The minimum absolute atomic E-state index is 0.198. The van der Waals surface area contributed by atoms with Crippen LogP contribution in [0.4, 0.5) is 10.5 Å². The van der Waals surface area contributed by atoms with Gasteiger partial charge in [0, 0.05) is 31.9 Å². The fraction of sp³-hybridized carbons (Fsp3) is 0.321. The lowest BCUT2D eigenvalue weighted by molar-refractivity contribution is -0.126. The highest BCUT2D eigenvalue weighted by Gasteiger charge is 2.46. The molecule has 2 unspecified atom stereocenters. The lowest BCUT2D eigenvalue weighted by Gasteiger charge is -2.28. The highest BCUT2D eigenvalue weighted by atomic mass is 16.6. The number of morpholine rings is 1. The number of nitrogens with one attached hydrogen (secondary N) is 2. The van der Waals surface area contributed by atoms with Gasteiger partial charge in [-0.3, -0.25) is 19.4 Å². The van der Waals surface area contributed by atoms with E-state index in [-0.39, 0.29) is 24.1 Å². The molecule has 38 heavy (non-hydrogen) atoms. The Morgan fingerprint density at radius 1 is 0.947 bits per heavy atom. The van der Waals surface area contributed by atoms with Gasteiger partial charge in [-0.25, -0.2) is 4.79 Å². The van der Waals surface area contributed by atoms with Crippen LogP contribution >= 0.6 is 0 Å². The lowest BCUT2D eigenvalue weighted by Crippen LogP contribution is -2.48. The van der Waals surface area contributed by atoms with Crippen molar-refractivity contribution in [2.45, 2.75) is 18.7 Å². The van der Waals surface area contributed by atoms with Crippen molar-refractivity contribution in [1.82, 2.24) is 15.1 Å². The first-order valence-electron chi connectivity index (χ1n) is 12.6. The molecular weight excluding hydrogens is 488 g/mol. The van der Waals surface area contributed by atoms with Gasteiger partial charge in [-0.1, -0.05) is 42.5 Å². The number of carbonyl (C=O) groups excluding carboxylic acids is 3. The van der Waals surface area contributed by atoms with Gasteiger partial charge in [0.1, 0.15) is 0 Å². The number of nitrogens with zero attached hydrogens (tertiary/aromatic N) is 2. The first-order valence-corrected chi connectivity index (χ1v) is 12.6. The van der Waals surface area contributed by atoms with Gasteiger partial charge in [0.2, 0.25) is 5.91 Å². The van der Waals surface area contributed by atoms with E-state index < -0.39 is 18.2 Å². The molecule has 10 nitrogen and oxygen atoms in total. The third-order valence-electron chi connectivity index (χ3n) is 6.62. The number of benzene rings is 2. The van der Waals surface area contributed by atoms with E-state index in [9.17, 15) is 14.4 Å². The number of carbonyl (C=O) groups is 3. The zero-order valence-corrected chi connectivity index (χ0v) is 20.9. The second-order valence-electron chi connectivity index (χ2n) is 9.16. The molecule has 2 fully saturated rings. The molecule has 2 aliphatic rings. The minimum atomic E-state index is -0.851. The van der Waals surface area contributed by atoms with Crippen molar-refractivity contribution in [2.24, 2.45) is 0 Å². The molecule has 198 valence electrons. The van der Waals surface area contributed by atoms with Crippen LogP contribution < -0.4 is 10.6 Å². The van der Waals surface area contributed by atoms with Crippen LogP contribution in [0.15, 0.2) is 77.4 Å². The zero-order valence-electron chi connectivity index (χ0n) is 20.9. The molecule has 2 aliphatic heterocycles. The predicted molar refractivity (Wildman–Crippen MR) is 138 cm³/mol. The second-order valence-corrected chi connectivity index (χ2v) is 9.16.